The molecule has 4 saturated carbocycles. The highest BCUT2D eigenvalue weighted by Gasteiger charge is 2.53. The molecule has 0 aromatic rings. The first-order valence-corrected chi connectivity index (χ1v) is 9.56. The first-order chi connectivity index (χ1) is 10.1. The maximum absolute atomic E-state index is 2.74. The Balaban J connectivity index is 1.46. The Morgan fingerprint density at radius 1 is 1.00 bits per heavy atom. The molecule has 0 nitrogen and oxygen atoms in total. The second-order valence-electron chi connectivity index (χ2n) is 9.49. The summed E-state index contributed by atoms with van der Waals surface area (Å²) in [7, 11) is 0. The predicted molar refractivity (Wildman–Crippen MR) is 87.9 cm³/mol. The third-order valence-electron chi connectivity index (χ3n) is 7.82. The molecule has 0 amide bonds. The van der Waals surface area contributed by atoms with Crippen LogP contribution in [0.3, 0.4) is 0 Å². The van der Waals surface area contributed by atoms with Crippen LogP contribution in [0.1, 0.15) is 71.6 Å². The Morgan fingerprint density at radius 2 is 1.62 bits per heavy atom. The van der Waals surface area contributed by atoms with Crippen LogP contribution < -0.4 is 0 Å². The molecule has 114 valence electrons. The number of hydrogen-bond acceptors (Lipinski definition) is 0. The lowest BCUT2D eigenvalue weighted by atomic mass is 9.47. The Morgan fingerprint density at radius 3 is 2.19 bits per heavy atom. The molecule has 0 radical (unpaired) electrons. The quantitative estimate of drug-likeness (QED) is 0.592. The molecular weight excluding hydrogens is 252 g/mol. The lowest BCUT2D eigenvalue weighted by Crippen LogP contribution is -2.46. The number of hydrogen-bond donors (Lipinski definition) is 0. The van der Waals surface area contributed by atoms with E-state index in [1.807, 2.05) is 11.1 Å². The summed E-state index contributed by atoms with van der Waals surface area (Å²) >= 11 is 0. The minimum atomic E-state index is 0.667. The minimum absolute atomic E-state index is 0.667. The van der Waals surface area contributed by atoms with Crippen LogP contribution in [0.15, 0.2) is 22.8 Å². The zero-order valence-corrected chi connectivity index (χ0v) is 13.8. The van der Waals surface area contributed by atoms with Gasteiger partial charge in [-0.25, -0.2) is 0 Å². The van der Waals surface area contributed by atoms with Gasteiger partial charge in [0.1, 0.15) is 0 Å². The predicted octanol–water partition coefficient (Wildman–Crippen LogP) is 5.90. The zero-order chi connectivity index (χ0) is 14.2. The van der Waals surface area contributed by atoms with Gasteiger partial charge in [0.15, 0.2) is 0 Å². The van der Waals surface area contributed by atoms with Crippen molar-refractivity contribution in [2.75, 3.05) is 0 Å². The molecule has 0 saturated heterocycles. The summed E-state index contributed by atoms with van der Waals surface area (Å²) in [5.41, 5.74) is 6.22. The highest BCUT2D eigenvalue weighted by atomic mass is 14.6. The second-order valence-corrected chi connectivity index (χ2v) is 9.49. The number of rotatable bonds is 2. The molecule has 0 aromatic heterocycles. The fourth-order valence-electron chi connectivity index (χ4n) is 7.30. The molecule has 4 bridgehead atoms. The van der Waals surface area contributed by atoms with E-state index in [0.717, 1.165) is 29.6 Å². The topological polar surface area (TPSA) is 0 Å². The summed E-state index contributed by atoms with van der Waals surface area (Å²) in [6.45, 7) is 4.86. The Labute approximate surface area is 130 Å². The van der Waals surface area contributed by atoms with Crippen molar-refractivity contribution in [2.45, 2.75) is 71.6 Å². The summed E-state index contributed by atoms with van der Waals surface area (Å²) in [5, 5.41) is 0. The average Bonchev–Trinajstić information content (AvgIpc) is 2.95. The first kappa shape index (κ1) is 13.0. The van der Waals surface area contributed by atoms with Gasteiger partial charge in [0.05, 0.1) is 0 Å². The molecule has 0 heterocycles. The van der Waals surface area contributed by atoms with Gasteiger partial charge in [0.2, 0.25) is 0 Å². The van der Waals surface area contributed by atoms with E-state index in [0.29, 0.717) is 5.41 Å². The first-order valence-electron chi connectivity index (χ1n) is 9.56. The van der Waals surface area contributed by atoms with Gasteiger partial charge in [0.25, 0.3) is 0 Å². The third kappa shape index (κ3) is 1.80. The van der Waals surface area contributed by atoms with Crippen LogP contribution in [0.25, 0.3) is 0 Å². The zero-order valence-electron chi connectivity index (χ0n) is 13.8. The van der Waals surface area contributed by atoms with Gasteiger partial charge in [-0.2, -0.15) is 0 Å². The fourth-order valence-corrected chi connectivity index (χ4v) is 7.30. The minimum Gasteiger partial charge on any atom is -0.0626 e. The molecule has 6 rings (SSSR count). The molecule has 4 fully saturated rings. The summed E-state index contributed by atoms with van der Waals surface area (Å²) < 4.78 is 0. The van der Waals surface area contributed by atoms with Crippen molar-refractivity contribution in [3.8, 4) is 0 Å². The van der Waals surface area contributed by atoms with E-state index >= 15 is 0 Å². The lowest BCUT2D eigenvalue weighted by molar-refractivity contribution is -0.0313. The molecule has 21 heavy (non-hydrogen) atoms. The van der Waals surface area contributed by atoms with Crippen LogP contribution in [-0.4, -0.2) is 0 Å². The SMILES string of the molecule is CC(C)C1CCC2=C1C=C(C13CC4CC(CC(C4)C1)C3)C2. The molecule has 1 unspecified atom stereocenters. The Kier molecular flexibility index (Phi) is 2.64. The second kappa shape index (κ2) is 4.27. The molecule has 0 heteroatoms. The molecular formula is C21H30. The van der Waals surface area contributed by atoms with Gasteiger partial charge < -0.3 is 0 Å². The monoisotopic (exact) mass is 282 g/mol. The van der Waals surface area contributed by atoms with Crippen molar-refractivity contribution < 1.29 is 0 Å². The smallest absolute Gasteiger partial charge is 0.00737 e. The van der Waals surface area contributed by atoms with Gasteiger partial charge in [-0.15, -0.1) is 0 Å². The van der Waals surface area contributed by atoms with E-state index in [1.54, 1.807) is 44.1 Å². The van der Waals surface area contributed by atoms with Crippen LogP contribution in [0.2, 0.25) is 0 Å². The highest BCUT2D eigenvalue weighted by Crippen LogP contribution is 2.65. The molecule has 6 aliphatic rings. The van der Waals surface area contributed by atoms with Crippen LogP contribution in [-0.2, 0) is 0 Å². The summed E-state index contributed by atoms with van der Waals surface area (Å²) in [6.07, 6.45) is 16.4. The van der Waals surface area contributed by atoms with Crippen molar-refractivity contribution in [3.05, 3.63) is 22.8 Å². The van der Waals surface area contributed by atoms with Crippen LogP contribution in [0.5, 0.6) is 0 Å². The molecule has 0 aromatic carbocycles. The van der Waals surface area contributed by atoms with Crippen molar-refractivity contribution in [2.24, 2.45) is 35.0 Å². The normalized spacial score (nSPS) is 47.5. The largest absolute Gasteiger partial charge is 0.0626 e. The maximum atomic E-state index is 2.74. The highest BCUT2D eigenvalue weighted by molar-refractivity contribution is 5.46. The molecule has 1 atom stereocenters. The Bertz CT molecular complexity index is 495. The van der Waals surface area contributed by atoms with Crippen LogP contribution in [0, 0.1) is 35.0 Å². The standard InChI is InChI=1S/C21H30/c1-13(2)19-4-3-17-8-18(9-20(17)19)21-10-14-5-15(11-21)7-16(6-14)12-21/h9,13-16,19H,3-8,10-12H2,1-2H3. The maximum Gasteiger partial charge on any atom is -0.00737 e. The van der Waals surface area contributed by atoms with Gasteiger partial charge in [-0.1, -0.05) is 31.1 Å². The van der Waals surface area contributed by atoms with Crippen LogP contribution in [0.4, 0.5) is 0 Å². The average molecular weight is 282 g/mol. The van der Waals surface area contributed by atoms with E-state index in [4.69, 9.17) is 0 Å². The number of allylic oxidation sites excluding steroid dienone is 4. The molecule has 0 spiro atoms. The summed E-state index contributed by atoms with van der Waals surface area (Å²) in [6, 6.07) is 0. The summed E-state index contributed by atoms with van der Waals surface area (Å²) in [4.78, 5) is 0. The van der Waals surface area contributed by atoms with E-state index in [2.05, 4.69) is 19.9 Å². The van der Waals surface area contributed by atoms with E-state index in [-0.39, 0.29) is 0 Å². The van der Waals surface area contributed by atoms with Crippen molar-refractivity contribution in [1.29, 1.82) is 0 Å². The van der Waals surface area contributed by atoms with Crippen molar-refractivity contribution in [3.63, 3.8) is 0 Å². The lowest BCUT2D eigenvalue weighted by Gasteiger charge is -2.57. The Hall–Kier alpha value is -0.520. The van der Waals surface area contributed by atoms with Crippen molar-refractivity contribution in [1.82, 2.24) is 0 Å². The van der Waals surface area contributed by atoms with E-state index in [1.165, 1.54) is 19.3 Å². The molecule has 0 N–H and O–H groups in total. The van der Waals surface area contributed by atoms with Gasteiger partial charge in [0, 0.05) is 0 Å². The van der Waals surface area contributed by atoms with Crippen molar-refractivity contribution >= 4 is 0 Å². The van der Waals surface area contributed by atoms with Crippen LogP contribution >= 0.6 is 0 Å². The molecule has 6 aliphatic carbocycles. The van der Waals surface area contributed by atoms with E-state index < -0.39 is 0 Å². The van der Waals surface area contributed by atoms with Gasteiger partial charge in [-0.3, -0.25) is 0 Å². The van der Waals surface area contributed by atoms with Gasteiger partial charge >= 0.3 is 0 Å². The van der Waals surface area contributed by atoms with Gasteiger partial charge in [-0.05, 0) is 98.4 Å². The molecule has 0 aliphatic heterocycles. The van der Waals surface area contributed by atoms with E-state index in [9.17, 15) is 0 Å². The summed E-state index contributed by atoms with van der Waals surface area (Å²) in [5.74, 6) is 4.99. The fraction of sp³-hybridized carbons (Fsp3) is 0.810. The third-order valence-corrected chi connectivity index (χ3v) is 7.82.